The van der Waals surface area contributed by atoms with Crippen molar-refractivity contribution in [3.8, 4) is 0 Å². The number of benzene rings is 1. The fraction of sp³-hybridized carbons (Fsp3) is 0.500. The highest BCUT2D eigenvalue weighted by Gasteiger charge is 2.24. The fourth-order valence-electron chi connectivity index (χ4n) is 4.22. The molecular formula is C22H28N4O2. The quantitative estimate of drug-likeness (QED) is 0.813. The molecule has 6 heteroatoms. The molecule has 0 spiro atoms. The second-order valence-corrected chi connectivity index (χ2v) is 7.77. The molecule has 6 nitrogen and oxygen atoms in total. The Morgan fingerprint density at radius 3 is 2.43 bits per heavy atom. The molecular weight excluding hydrogens is 352 g/mol. The largest absolute Gasteiger partial charge is 0.342 e. The summed E-state index contributed by atoms with van der Waals surface area (Å²) in [7, 11) is 0. The molecule has 0 N–H and O–H groups in total. The molecule has 1 aromatic carbocycles. The molecule has 4 rings (SSSR count). The van der Waals surface area contributed by atoms with Gasteiger partial charge in [0, 0.05) is 50.9 Å². The van der Waals surface area contributed by atoms with Gasteiger partial charge in [0.25, 0.3) is 0 Å². The molecule has 28 heavy (non-hydrogen) atoms. The summed E-state index contributed by atoms with van der Waals surface area (Å²) < 4.78 is 0. The predicted molar refractivity (Wildman–Crippen MR) is 109 cm³/mol. The number of likely N-dealkylation sites (tertiary alicyclic amines) is 1. The van der Waals surface area contributed by atoms with Crippen molar-refractivity contribution in [1.82, 2.24) is 19.7 Å². The lowest BCUT2D eigenvalue weighted by atomic mass is 10.1. The Kier molecular flexibility index (Phi) is 5.86. The van der Waals surface area contributed by atoms with E-state index in [1.165, 1.54) is 0 Å². The summed E-state index contributed by atoms with van der Waals surface area (Å²) in [6, 6.07) is 9.95. The second kappa shape index (κ2) is 8.69. The highest BCUT2D eigenvalue weighted by Crippen LogP contribution is 2.18. The molecule has 2 amide bonds. The zero-order chi connectivity index (χ0) is 19.3. The van der Waals surface area contributed by atoms with Crippen molar-refractivity contribution < 1.29 is 9.59 Å². The van der Waals surface area contributed by atoms with Gasteiger partial charge in [-0.2, -0.15) is 0 Å². The molecule has 2 aliphatic rings. The molecule has 0 saturated carbocycles. The number of hydrogen-bond acceptors (Lipinski definition) is 4. The van der Waals surface area contributed by atoms with E-state index in [0.29, 0.717) is 19.5 Å². The first-order chi connectivity index (χ1) is 13.7. The van der Waals surface area contributed by atoms with Gasteiger partial charge in [-0.25, -0.2) is 0 Å². The van der Waals surface area contributed by atoms with E-state index in [9.17, 15) is 9.59 Å². The van der Waals surface area contributed by atoms with Crippen molar-refractivity contribution >= 4 is 22.7 Å². The monoisotopic (exact) mass is 380 g/mol. The molecule has 0 radical (unpaired) electrons. The molecule has 3 heterocycles. The van der Waals surface area contributed by atoms with E-state index in [2.05, 4.69) is 9.88 Å². The molecule has 2 aromatic rings. The number of amides is 2. The first-order valence-corrected chi connectivity index (χ1v) is 10.3. The van der Waals surface area contributed by atoms with E-state index in [-0.39, 0.29) is 11.8 Å². The molecule has 2 fully saturated rings. The zero-order valence-corrected chi connectivity index (χ0v) is 16.3. The lowest BCUT2D eigenvalue weighted by Crippen LogP contribution is -2.41. The van der Waals surface area contributed by atoms with E-state index in [1.54, 1.807) is 6.20 Å². The van der Waals surface area contributed by atoms with E-state index < -0.39 is 0 Å². The van der Waals surface area contributed by atoms with Crippen molar-refractivity contribution in [3.63, 3.8) is 0 Å². The number of carbonyl (C=O) groups is 2. The van der Waals surface area contributed by atoms with Crippen LogP contribution in [-0.2, 0) is 16.0 Å². The summed E-state index contributed by atoms with van der Waals surface area (Å²) in [4.78, 5) is 35.9. The Labute approximate surface area is 166 Å². The van der Waals surface area contributed by atoms with Crippen LogP contribution in [0.5, 0.6) is 0 Å². The Morgan fingerprint density at radius 2 is 1.57 bits per heavy atom. The van der Waals surface area contributed by atoms with Crippen LogP contribution < -0.4 is 0 Å². The minimum atomic E-state index is 0.144. The van der Waals surface area contributed by atoms with Crippen molar-refractivity contribution in [2.45, 2.75) is 25.7 Å². The number of fused-ring (bicyclic) bond motifs is 1. The summed E-state index contributed by atoms with van der Waals surface area (Å²) in [5, 5.41) is 1.07. The van der Waals surface area contributed by atoms with Gasteiger partial charge in [0.2, 0.25) is 11.8 Å². The third kappa shape index (κ3) is 4.33. The molecule has 148 valence electrons. The number of hydrogen-bond donors (Lipinski definition) is 0. The van der Waals surface area contributed by atoms with Gasteiger partial charge in [-0.3, -0.25) is 19.5 Å². The second-order valence-electron chi connectivity index (χ2n) is 7.77. The minimum absolute atomic E-state index is 0.144. The maximum atomic E-state index is 12.9. The first kappa shape index (κ1) is 18.9. The van der Waals surface area contributed by atoms with Crippen LogP contribution >= 0.6 is 0 Å². The number of nitrogens with zero attached hydrogens (tertiary/aromatic N) is 4. The highest BCUT2D eigenvalue weighted by atomic mass is 16.2. The van der Waals surface area contributed by atoms with E-state index in [1.807, 2.05) is 40.1 Å². The maximum absolute atomic E-state index is 12.9. The van der Waals surface area contributed by atoms with Crippen molar-refractivity contribution in [3.05, 3.63) is 42.1 Å². The van der Waals surface area contributed by atoms with E-state index >= 15 is 0 Å². The normalized spacial score (nSPS) is 18.4. The molecule has 0 aliphatic carbocycles. The number of aromatic nitrogens is 1. The summed E-state index contributed by atoms with van der Waals surface area (Å²) in [5.74, 6) is 0.380. The Balaban J connectivity index is 1.34. The average molecular weight is 380 g/mol. The van der Waals surface area contributed by atoms with Gasteiger partial charge in [-0.05, 0) is 30.9 Å². The fourth-order valence-corrected chi connectivity index (χ4v) is 4.22. The Bertz CT molecular complexity index is 842. The van der Waals surface area contributed by atoms with Crippen LogP contribution in [0.4, 0.5) is 0 Å². The number of para-hydroxylation sites is 1. The van der Waals surface area contributed by atoms with Gasteiger partial charge in [0.05, 0.1) is 18.5 Å². The summed E-state index contributed by atoms with van der Waals surface area (Å²) in [6.07, 6.45) is 5.31. The van der Waals surface area contributed by atoms with Crippen molar-refractivity contribution in [1.29, 1.82) is 0 Å². The highest BCUT2D eigenvalue weighted by molar-refractivity contribution is 5.87. The first-order valence-electron chi connectivity index (χ1n) is 10.3. The number of carbonyl (C=O) groups excluding carboxylic acids is 2. The molecule has 0 bridgehead atoms. The smallest absolute Gasteiger partial charge is 0.236 e. The zero-order valence-electron chi connectivity index (χ0n) is 16.3. The Hall–Kier alpha value is -2.47. The molecule has 0 unspecified atom stereocenters. The topological polar surface area (TPSA) is 56.8 Å². The summed E-state index contributed by atoms with van der Waals surface area (Å²) in [5.41, 5.74) is 1.89. The third-order valence-corrected chi connectivity index (χ3v) is 5.82. The van der Waals surface area contributed by atoms with Gasteiger partial charge >= 0.3 is 0 Å². The van der Waals surface area contributed by atoms with Crippen LogP contribution in [0.2, 0.25) is 0 Å². The average Bonchev–Trinajstić information content (AvgIpc) is 3.16. The van der Waals surface area contributed by atoms with Gasteiger partial charge in [0.1, 0.15) is 0 Å². The minimum Gasteiger partial charge on any atom is -0.342 e. The molecule has 2 saturated heterocycles. The van der Waals surface area contributed by atoms with Crippen LogP contribution in [0.1, 0.15) is 24.8 Å². The summed E-state index contributed by atoms with van der Waals surface area (Å²) in [6.45, 7) is 5.36. The van der Waals surface area contributed by atoms with Crippen LogP contribution in [0.3, 0.4) is 0 Å². The maximum Gasteiger partial charge on any atom is 0.236 e. The molecule has 0 atom stereocenters. The van der Waals surface area contributed by atoms with Crippen LogP contribution in [0, 0.1) is 0 Å². The lowest BCUT2D eigenvalue weighted by molar-refractivity contribution is -0.131. The van der Waals surface area contributed by atoms with Crippen molar-refractivity contribution in [2.24, 2.45) is 0 Å². The van der Waals surface area contributed by atoms with Crippen LogP contribution in [-0.4, -0.2) is 77.3 Å². The van der Waals surface area contributed by atoms with Gasteiger partial charge in [-0.1, -0.05) is 24.3 Å². The number of rotatable bonds is 4. The standard InChI is InChI=1S/C22H28N4O2/c27-20(16-19-7-3-6-18-8-4-9-23-22(18)19)26-13-5-10-24(14-15-26)17-21(28)25-11-1-2-12-25/h3-4,6-9H,1-2,5,10-17H2. The summed E-state index contributed by atoms with van der Waals surface area (Å²) >= 11 is 0. The van der Waals surface area contributed by atoms with Crippen molar-refractivity contribution in [2.75, 3.05) is 45.8 Å². The van der Waals surface area contributed by atoms with E-state index in [0.717, 1.165) is 68.5 Å². The molecule has 1 aromatic heterocycles. The molecule has 2 aliphatic heterocycles. The van der Waals surface area contributed by atoms with Gasteiger partial charge < -0.3 is 9.80 Å². The SMILES string of the molecule is O=C(Cc1cccc2cccnc12)N1CCCN(CC(=O)N2CCCC2)CC1. The van der Waals surface area contributed by atoms with Crippen LogP contribution in [0.15, 0.2) is 36.5 Å². The Morgan fingerprint density at radius 1 is 0.821 bits per heavy atom. The van der Waals surface area contributed by atoms with E-state index in [4.69, 9.17) is 0 Å². The lowest BCUT2D eigenvalue weighted by Gasteiger charge is -2.24. The van der Waals surface area contributed by atoms with Gasteiger partial charge in [0.15, 0.2) is 0 Å². The predicted octanol–water partition coefficient (Wildman–Crippen LogP) is 1.93. The van der Waals surface area contributed by atoms with Gasteiger partial charge in [-0.15, -0.1) is 0 Å². The van der Waals surface area contributed by atoms with Crippen LogP contribution in [0.25, 0.3) is 10.9 Å². The number of pyridine rings is 1. The third-order valence-electron chi connectivity index (χ3n) is 5.82.